The van der Waals surface area contributed by atoms with Crippen molar-refractivity contribution in [2.45, 2.75) is 25.0 Å². The van der Waals surface area contributed by atoms with Crippen LogP contribution in [0.5, 0.6) is 0 Å². The molecule has 0 atom stereocenters. The van der Waals surface area contributed by atoms with Gasteiger partial charge in [-0.25, -0.2) is 8.42 Å². The van der Waals surface area contributed by atoms with Crippen LogP contribution < -0.4 is 0 Å². The van der Waals surface area contributed by atoms with Gasteiger partial charge in [0.15, 0.2) is 0 Å². The van der Waals surface area contributed by atoms with Gasteiger partial charge in [-0.05, 0) is 23.3 Å². The van der Waals surface area contributed by atoms with Crippen molar-refractivity contribution in [3.63, 3.8) is 0 Å². The van der Waals surface area contributed by atoms with Gasteiger partial charge in [-0.1, -0.05) is 49.4 Å². The first-order valence-electron chi connectivity index (χ1n) is 7.20. The molecular formula is C17H21NO3S. The summed E-state index contributed by atoms with van der Waals surface area (Å²) in [5, 5.41) is 0. The Bertz CT molecular complexity index is 682. The van der Waals surface area contributed by atoms with E-state index in [9.17, 15) is 8.42 Å². The fourth-order valence-electron chi connectivity index (χ4n) is 2.23. The Kier molecular flexibility index (Phi) is 5.71. The van der Waals surface area contributed by atoms with E-state index in [0.29, 0.717) is 24.6 Å². The van der Waals surface area contributed by atoms with Crippen LogP contribution in [0.3, 0.4) is 0 Å². The molecule has 0 bridgehead atoms. The van der Waals surface area contributed by atoms with Crippen molar-refractivity contribution >= 4 is 10.0 Å². The number of rotatable bonds is 7. The predicted molar refractivity (Wildman–Crippen MR) is 86.9 cm³/mol. The predicted octanol–water partition coefficient (Wildman–Crippen LogP) is 3.04. The summed E-state index contributed by atoms with van der Waals surface area (Å²) in [6.45, 7) is 3.12. The topological polar surface area (TPSA) is 46.6 Å². The van der Waals surface area contributed by atoms with Crippen molar-refractivity contribution in [1.29, 1.82) is 0 Å². The first kappa shape index (κ1) is 16.7. The molecule has 22 heavy (non-hydrogen) atoms. The molecule has 0 saturated heterocycles. The quantitative estimate of drug-likeness (QED) is 0.788. The fraction of sp³-hybridized carbons (Fsp3) is 0.294. The smallest absolute Gasteiger partial charge is 0.243 e. The van der Waals surface area contributed by atoms with Gasteiger partial charge in [0.25, 0.3) is 0 Å². The van der Waals surface area contributed by atoms with Crippen molar-refractivity contribution in [3.05, 3.63) is 65.7 Å². The van der Waals surface area contributed by atoms with Gasteiger partial charge < -0.3 is 4.74 Å². The molecule has 0 fully saturated rings. The van der Waals surface area contributed by atoms with Crippen LogP contribution in [-0.2, 0) is 27.9 Å². The highest BCUT2D eigenvalue weighted by atomic mass is 32.2. The Hall–Kier alpha value is -1.69. The van der Waals surface area contributed by atoms with Crippen LogP contribution in [0.4, 0.5) is 0 Å². The third-order valence-electron chi connectivity index (χ3n) is 3.43. The molecule has 0 aliphatic rings. The van der Waals surface area contributed by atoms with Gasteiger partial charge in [-0.15, -0.1) is 0 Å². The van der Waals surface area contributed by atoms with Crippen molar-refractivity contribution in [3.8, 4) is 0 Å². The summed E-state index contributed by atoms with van der Waals surface area (Å²) in [7, 11) is -1.87. The molecule has 2 rings (SSSR count). The molecule has 4 nitrogen and oxygen atoms in total. The Balaban J connectivity index is 2.22. The second-order valence-electron chi connectivity index (χ2n) is 4.99. The largest absolute Gasteiger partial charge is 0.380 e. The third kappa shape index (κ3) is 3.94. The molecule has 0 saturated carbocycles. The average Bonchev–Trinajstić information content (AvgIpc) is 2.54. The highest BCUT2D eigenvalue weighted by Crippen LogP contribution is 2.19. The van der Waals surface area contributed by atoms with Crippen LogP contribution in [0.15, 0.2) is 59.5 Å². The fourth-order valence-corrected chi connectivity index (χ4v) is 3.66. The molecule has 0 heterocycles. The molecule has 0 aliphatic heterocycles. The van der Waals surface area contributed by atoms with Crippen LogP contribution in [0.2, 0.25) is 0 Å². The molecule has 5 heteroatoms. The van der Waals surface area contributed by atoms with E-state index in [-0.39, 0.29) is 0 Å². The number of sulfonamides is 1. The lowest BCUT2D eigenvalue weighted by atomic mass is 10.2. The van der Waals surface area contributed by atoms with E-state index in [0.717, 1.165) is 11.1 Å². The summed E-state index contributed by atoms with van der Waals surface area (Å²) < 4.78 is 32.0. The number of benzene rings is 2. The molecular weight excluding hydrogens is 298 g/mol. The number of ether oxygens (including phenoxy) is 1. The number of methoxy groups -OCH3 is 1. The summed E-state index contributed by atoms with van der Waals surface area (Å²) in [5.74, 6) is 0. The second kappa shape index (κ2) is 7.54. The van der Waals surface area contributed by atoms with Crippen LogP contribution in [0.25, 0.3) is 0 Å². The van der Waals surface area contributed by atoms with Crippen LogP contribution in [-0.4, -0.2) is 26.4 Å². The minimum absolute atomic E-state index is 0.310. The van der Waals surface area contributed by atoms with Crippen LogP contribution in [0, 0.1) is 0 Å². The summed E-state index contributed by atoms with van der Waals surface area (Å²) in [5.41, 5.74) is 1.93. The summed E-state index contributed by atoms with van der Waals surface area (Å²) in [6.07, 6.45) is 0. The molecule has 0 aliphatic carbocycles. The van der Waals surface area contributed by atoms with E-state index in [4.69, 9.17) is 4.74 Å². The van der Waals surface area contributed by atoms with E-state index in [1.165, 1.54) is 4.31 Å². The molecule has 0 N–H and O–H groups in total. The molecule has 118 valence electrons. The third-order valence-corrected chi connectivity index (χ3v) is 5.36. The number of hydrogen-bond acceptors (Lipinski definition) is 3. The SMILES string of the molecule is CCN(Cc1ccccc1)S(=O)(=O)c1ccc(COC)cc1. The van der Waals surface area contributed by atoms with Crippen molar-refractivity contribution in [2.24, 2.45) is 0 Å². The van der Waals surface area contributed by atoms with E-state index >= 15 is 0 Å². The van der Waals surface area contributed by atoms with Gasteiger partial charge in [0.2, 0.25) is 10.0 Å². The zero-order valence-electron chi connectivity index (χ0n) is 12.9. The maximum absolute atomic E-state index is 12.7. The second-order valence-corrected chi connectivity index (χ2v) is 6.93. The van der Waals surface area contributed by atoms with E-state index in [2.05, 4.69) is 0 Å². The van der Waals surface area contributed by atoms with Crippen molar-refractivity contribution < 1.29 is 13.2 Å². The Morgan fingerprint density at radius 3 is 2.14 bits per heavy atom. The normalized spacial score (nSPS) is 11.8. The number of hydrogen-bond donors (Lipinski definition) is 0. The molecule has 0 radical (unpaired) electrons. The standard InChI is InChI=1S/C17H21NO3S/c1-3-18(13-15-7-5-4-6-8-15)22(19,20)17-11-9-16(10-12-17)14-21-2/h4-12H,3,13-14H2,1-2H3. The summed E-state index contributed by atoms with van der Waals surface area (Å²) in [6, 6.07) is 16.4. The summed E-state index contributed by atoms with van der Waals surface area (Å²) in [4.78, 5) is 0.310. The average molecular weight is 319 g/mol. The minimum atomic E-state index is -3.49. The highest BCUT2D eigenvalue weighted by Gasteiger charge is 2.23. The Morgan fingerprint density at radius 1 is 0.955 bits per heavy atom. The Labute approximate surface area is 132 Å². The van der Waals surface area contributed by atoms with Crippen LogP contribution in [0.1, 0.15) is 18.1 Å². The first-order chi connectivity index (χ1) is 10.6. The maximum atomic E-state index is 12.7. The lowest BCUT2D eigenvalue weighted by Gasteiger charge is -2.20. The minimum Gasteiger partial charge on any atom is -0.380 e. The van der Waals surface area contributed by atoms with Gasteiger partial charge in [-0.3, -0.25) is 0 Å². The monoisotopic (exact) mass is 319 g/mol. The van der Waals surface area contributed by atoms with Crippen LogP contribution >= 0.6 is 0 Å². The summed E-state index contributed by atoms with van der Waals surface area (Å²) >= 11 is 0. The van der Waals surface area contributed by atoms with Gasteiger partial charge in [0, 0.05) is 20.2 Å². The zero-order valence-corrected chi connectivity index (χ0v) is 13.7. The van der Waals surface area contributed by atoms with Gasteiger partial charge in [-0.2, -0.15) is 4.31 Å². The zero-order chi connectivity index (χ0) is 16.0. The van der Waals surface area contributed by atoms with E-state index in [1.807, 2.05) is 37.3 Å². The van der Waals surface area contributed by atoms with Crippen molar-refractivity contribution in [2.75, 3.05) is 13.7 Å². The first-order valence-corrected chi connectivity index (χ1v) is 8.64. The van der Waals surface area contributed by atoms with Gasteiger partial charge >= 0.3 is 0 Å². The van der Waals surface area contributed by atoms with E-state index < -0.39 is 10.0 Å². The maximum Gasteiger partial charge on any atom is 0.243 e. The van der Waals surface area contributed by atoms with Gasteiger partial charge in [0.05, 0.1) is 11.5 Å². The van der Waals surface area contributed by atoms with E-state index in [1.54, 1.807) is 31.4 Å². The van der Waals surface area contributed by atoms with Gasteiger partial charge in [0.1, 0.15) is 0 Å². The van der Waals surface area contributed by atoms with Crippen molar-refractivity contribution in [1.82, 2.24) is 4.31 Å². The molecule has 2 aromatic carbocycles. The Morgan fingerprint density at radius 2 is 1.59 bits per heavy atom. The molecule has 0 unspecified atom stereocenters. The lowest BCUT2D eigenvalue weighted by molar-refractivity contribution is 0.185. The molecule has 0 spiro atoms. The molecule has 2 aromatic rings. The molecule has 0 aromatic heterocycles. The number of nitrogens with zero attached hydrogens (tertiary/aromatic N) is 1. The highest BCUT2D eigenvalue weighted by molar-refractivity contribution is 7.89. The lowest BCUT2D eigenvalue weighted by Crippen LogP contribution is -2.30. The molecule has 0 amide bonds.